The number of hydrogen-bond donors (Lipinski definition) is 1. The second kappa shape index (κ2) is 8.48. The van der Waals surface area contributed by atoms with E-state index < -0.39 is 0 Å². The van der Waals surface area contributed by atoms with Gasteiger partial charge >= 0.3 is 0 Å². The summed E-state index contributed by atoms with van der Waals surface area (Å²) in [5, 5.41) is 3.42. The van der Waals surface area contributed by atoms with Gasteiger partial charge in [-0.25, -0.2) is 0 Å². The molecule has 2 aliphatic heterocycles. The first-order valence-corrected chi connectivity index (χ1v) is 10.9. The Hall–Kier alpha value is -1.86. The van der Waals surface area contributed by atoms with Crippen LogP contribution in [0.1, 0.15) is 56.5 Å². The quantitative estimate of drug-likeness (QED) is 0.839. The second-order valence-electron chi connectivity index (χ2n) is 8.88. The Labute approximate surface area is 172 Å². The Kier molecular flexibility index (Phi) is 5.97. The molecule has 1 saturated carbocycles. The molecule has 1 aliphatic carbocycles. The van der Waals surface area contributed by atoms with E-state index in [2.05, 4.69) is 5.32 Å². The van der Waals surface area contributed by atoms with E-state index in [1.54, 1.807) is 32.4 Å². The van der Waals surface area contributed by atoms with E-state index in [-0.39, 0.29) is 36.2 Å². The van der Waals surface area contributed by atoms with Crippen LogP contribution in [0, 0.1) is 11.8 Å². The van der Waals surface area contributed by atoms with E-state index in [0.717, 1.165) is 38.6 Å². The molecule has 29 heavy (non-hydrogen) atoms. The molecule has 6 atom stereocenters. The predicted octanol–water partition coefficient (Wildman–Crippen LogP) is 2.48. The first-order valence-electron chi connectivity index (χ1n) is 10.9. The maximum absolute atomic E-state index is 13.2. The lowest BCUT2D eigenvalue weighted by Gasteiger charge is -2.54. The van der Waals surface area contributed by atoms with Crippen molar-refractivity contribution in [2.45, 2.75) is 70.3 Å². The molecule has 0 radical (unpaired) electrons. The molecule has 0 spiro atoms. The van der Waals surface area contributed by atoms with Crippen molar-refractivity contribution in [3.63, 3.8) is 0 Å². The molecular weight excluding hydrogens is 370 g/mol. The summed E-state index contributed by atoms with van der Waals surface area (Å²) in [6.07, 6.45) is 6.80. The van der Waals surface area contributed by atoms with Gasteiger partial charge in [-0.1, -0.05) is 0 Å². The lowest BCUT2D eigenvalue weighted by Crippen LogP contribution is -2.67. The summed E-state index contributed by atoms with van der Waals surface area (Å²) in [5.74, 6) is 1.58. The van der Waals surface area contributed by atoms with Gasteiger partial charge in [0.2, 0.25) is 5.91 Å². The van der Waals surface area contributed by atoms with E-state index in [1.165, 1.54) is 0 Å². The zero-order valence-corrected chi connectivity index (χ0v) is 17.7. The molecule has 1 aromatic heterocycles. The Balaban J connectivity index is 1.57. The van der Waals surface area contributed by atoms with E-state index in [9.17, 15) is 9.59 Å². The number of carbonyl (C=O) groups is 2. The molecule has 1 N–H and O–H groups in total. The van der Waals surface area contributed by atoms with Gasteiger partial charge < -0.3 is 19.0 Å². The van der Waals surface area contributed by atoms with E-state index in [1.807, 2.05) is 16.7 Å². The molecule has 3 fully saturated rings. The Bertz CT molecular complexity index is 722. The molecule has 3 heterocycles. The van der Waals surface area contributed by atoms with Gasteiger partial charge in [0.25, 0.3) is 5.91 Å². The number of piperidine rings is 1. The number of nitrogens with zero attached hydrogens (tertiary/aromatic N) is 2. The van der Waals surface area contributed by atoms with Crippen LogP contribution < -0.4 is 5.32 Å². The molecule has 4 rings (SSSR count). The normalized spacial score (nSPS) is 35.3. The van der Waals surface area contributed by atoms with Crippen molar-refractivity contribution in [1.82, 2.24) is 15.1 Å². The van der Waals surface area contributed by atoms with Gasteiger partial charge in [-0.3, -0.25) is 14.9 Å². The maximum atomic E-state index is 13.2. The lowest BCUT2D eigenvalue weighted by atomic mass is 9.70. The summed E-state index contributed by atoms with van der Waals surface area (Å²) in [5.41, 5.74) is 0. The minimum Gasteiger partial charge on any atom is -0.459 e. The van der Waals surface area contributed by atoms with Gasteiger partial charge in [0, 0.05) is 26.6 Å². The molecule has 2 saturated heterocycles. The van der Waals surface area contributed by atoms with Crippen molar-refractivity contribution in [3.8, 4) is 0 Å². The summed E-state index contributed by atoms with van der Waals surface area (Å²) in [6, 6.07) is 3.63. The third kappa shape index (κ3) is 3.94. The van der Waals surface area contributed by atoms with Gasteiger partial charge in [0.1, 0.15) is 6.23 Å². The van der Waals surface area contributed by atoms with E-state index >= 15 is 0 Å². The molecule has 1 aromatic rings. The van der Waals surface area contributed by atoms with Crippen LogP contribution in [-0.2, 0) is 9.53 Å². The van der Waals surface area contributed by atoms with Crippen LogP contribution in [0.25, 0.3) is 0 Å². The van der Waals surface area contributed by atoms with Gasteiger partial charge in [0.15, 0.2) is 5.76 Å². The molecule has 5 unspecified atom stereocenters. The number of furan rings is 1. The van der Waals surface area contributed by atoms with Crippen LogP contribution in [0.4, 0.5) is 0 Å². The molecule has 2 amide bonds. The van der Waals surface area contributed by atoms with Gasteiger partial charge in [0.05, 0.1) is 18.3 Å². The fourth-order valence-corrected chi connectivity index (χ4v) is 5.92. The first kappa shape index (κ1) is 20.4. The van der Waals surface area contributed by atoms with Crippen molar-refractivity contribution >= 4 is 11.8 Å². The van der Waals surface area contributed by atoms with Gasteiger partial charge in [-0.05, 0) is 69.5 Å². The van der Waals surface area contributed by atoms with Gasteiger partial charge in [-0.15, -0.1) is 0 Å². The number of carbonyl (C=O) groups excluding carboxylic acids is 2. The Morgan fingerprint density at radius 3 is 2.66 bits per heavy atom. The molecule has 0 bridgehead atoms. The van der Waals surface area contributed by atoms with Crippen molar-refractivity contribution in [2.24, 2.45) is 11.8 Å². The standard InChI is InChI=1S/C22H33N3O4/c1-14-13-24(22(27)20-5-4-10-29-20)19-11-16(6-7-18(19)25(14)15(2)26)17-8-9-23-21(12-17)28-3/h4-5,10,14,16-19,21,23H,6-9,11-13H2,1-3H3/t14-,16?,17?,18?,19?,21?/m0/s1. The van der Waals surface area contributed by atoms with Crippen LogP contribution >= 0.6 is 0 Å². The number of ether oxygens (including phenoxy) is 1. The largest absolute Gasteiger partial charge is 0.459 e. The van der Waals surface area contributed by atoms with Crippen LogP contribution in [0.5, 0.6) is 0 Å². The predicted molar refractivity (Wildman–Crippen MR) is 108 cm³/mol. The van der Waals surface area contributed by atoms with Crippen molar-refractivity contribution in [3.05, 3.63) is 24.2 Å². The minimum absolute atomic E-state index is 0.0148. The van der Waals surface area contributed by atoms with Crippen LogP contribution in [0.15, 0.2) is 22.8 Å². The first-order chi connectivity index (χ1) is 14.0. The number of nitrogens with one attached hydrogen (secondary N) is 1. The number of piperazine rings is 1. The topological polar surface area (TPSA) is 75.0 Å². The van der Waals surface area contributed by atoms with Crippen molar-refractivity contribution in [1.29, 1.82) is 0 Å². The number of rotatable bonds is 3. The SMILES string of the molecule is COC1CC(C2CCC3C(C2)N(C(=O)c2ccco2)C[C@H](C)N3C(C)=O)CCN1. The average Bonchev–Trinajstić information content (AvgIpc) is 3.27. The molecule has 7 heteroatoms. The Morgan fingerprint density at radius 2 is 1.97 bits per heavy atom. The van der Waals surface area contributed by atoms with Gasteiger partial charge in [-0.2, -0.15) is 0 Å². The molecule has 7 nitrogen and oxygen atoms in total. The highest BCUT2D eigenvalue weighted by atomic mass is 16.5. The molecular formula is C22H33N3O4. The highest BCUT2D eigenvalue weighted by Gasteiger charge is 2.48. The molecule has 160 valence electrons. The summed E-state index contributed by atoms with van der Waals surface area (Å²) in [6.45, 7) is 5.22. The lowest BCUT2D eigenvalue weighted by molar-refractivity contribution is -0.142. The van der Waals surface area contributed by atoms with Crippen LogP contribution in [0.3, 0.4) is 0 Å². The fourth-order valence-electron chi connectivity index (χ4n) is 5.92. The van der Waals surface area contributed by atoms with Crippen molar-refractivity contribution in [2.75, 3.05) is 20.2 Å². The van der Waals surface area contributed by atoms with Crippen molar-refractivity contribution < 1.29 is 18.7 Å². The summed E-state index contributed by atoms with van der Waals surface area (Å²) in [4.78, 5) is 29.6. The fraction of sp³-hybridized carbons (Fsp3) is 0.727. The zero-order chi connectivity index (χ0) is 20.5. The third-order valence-electron chi connectivity index (χ3n) is 7.23. The number of hydrogen-bond acceptors (Lipinski definition) is 5. The Morgan fingerprint density at radius 1 is 1.17 bits per heavy atom. The smallest absolute Gasteiger partial charge is 0.289 e. The highest BCUT2D eigenvalue weighted by molar-refractivity contribution is 5.92. The van der Waals surface area contributed by atoms with E-state index in [4.69, 9.17) is 9.15 Å². The number of methoxy groups -OCH3 is 1. The summed E-state index contributed by atoms with van der Waals surface area (Å²) in [7, 11) is 1.76. The van der Waals surface area contributed by atoms with E-state index in [0.29, 0.717) is 24.1 Å². The molecule has 3 aliphatic rings. The molecule has 0 aromatic carbocycles. The number of amides is 2. The van der Waals surface area contributed by atoms with Crippen LogP contribution in [0.2, 0.25) is 0 Å². The highest BCUT2D eigenvalue weighted by Crippen LogP contribution is 2.41. The second-order valence-corrected chi connectivity index (χ2v) is 8.88. The number of fused-ring (bicyclic) bond motifs is 1. The minimum atomic E-state index is -0.0548. The van der Waals surface area contributed by atoms with Crippen LogP contribution in [-0.4, -0.2) is 66.2 Å². The summed E-state index contributed by atoms with van der Waals surface area (Å²) < 4.78 is 11.0. The zero-order valence-electron chi connectivity index (χ0n) is 17.7. The monoisotopic (exact) mass is 403 g/mol. The summed E-state index contributed by atoms with van der Waals surface area (Å²) >= 11 is 0. The third-order valence-corrected chi connectivity index (χ3v) is 7.23. The maximum Gasteiger partial charge on any atom is 0.289 e. The average molecular weight is 404 g/mol.